The Morgan fingerprint density at radius 3 is 2.57 bits per heavy atom. The van der Waals surface area contributed by atoms with Gasteiger partial charge in [-0.2, -0.15) is 15.4 Å². The van der Waals surface area contributed by atoms with Gasteiger partial charge in [0.25, 0.3) is 23.5 Å². The number of carbonyl (C=O) groups is 3. The van der Waals surface area contributed by atoms with E-state index in [9.17, 15) is 27.6 Å². The summed E-state index contributed by atoms with van der Waals surface area (Å²) in [5, 5.41) is 14.6. The first-order valence-corrected chi connectivity index (χ1v) is 10.8. The Hall–Kier alpha value is -3.67. The Labute approximate surface area is 202 Å². The molecule has 9 nitrogen and oxygen atoms in total. The smallest absolute Gasteiger partial charge is 0.293 e. The minimum absolute atomic E-state index is 0.0696. The van der Waals surface area contributed by atoms with Gasteiger partial charge in [-0.15, -0.1) is 0 Å². The first-order chi connectivity index (χ1) is 16.4. The van der Waals surface area contributed by atoms with E-state index in [4.69, 9.17) is 11.6 Å². The summed E-state index contributed by atoms with van der Waals surface area (Å²) in [6.07, 6.45) is 1.18. The van der Waals surface area contributed by atoms with Crippen molar-refractivity contribution >= 4 is 34.9 Å². The number of hydrogen-bond donors (Lipinski definition) is 3. The molecule has 1 fully saturated rings. The number of aryl methyl sites for hydroxylation is 1. The number of Topliss-reactive ketones (excluding diaryl/α,β-unsaturated/α-hetero) is 1. The van der Waals surface area contributed by atoms with Crippen LogP contribution in [-0.4, -0.2) is 43.5 Å². The van der Waals surface area contributed by atoms with Crippen LogP contribution in [0.25, 0.3) is 0 Å². The summed E-state index contributed by atoms with van der Waals surface area (Å²) >= 11 is 5.74. The molecular weight excluding hydrogens is 489 g/mol. The highest BCUT2D eigenvalue weighted by molar-refractivity contribution is 6.43. The van der Waals surface area contributed by atoms with Crippen LogP contribution in [0.3, 0.4) is 0 Å². The van der Waals surface area contributed by atoms with Crippen molar-refractivity contribution < 1.29 is 27.6 Å². The lowest BCUT2D eigenvalue weighted by Gasteiger charge is -2.27. The summed E-state index contributed by atoms with van der Waals surface area (Å²) < 4.78 is 42.9. The van der Waals surface area contributed by atoms with Gasteiger partial charge in [-0.05, 0) is 37.1 Å². The number of nitrogens with zero attached hydrogens (tertiary/aromatic N) is 3. The molecule has 2 aromatic heterocycles. The predicted molar refractivity (Wildman–Crippen MR) is 119 cm³/mol. The van der Waals surface area contributed by atoms with Crippen molar-refractivity contribution in [2.45, 2.75) is 37.6 Å². The molecule has 0 radical (unpaired) electrons. The zero-order valence-electron chi connectivity index (χ0n) is 18.6. The van der Waals surface area contributed by atoms with E-state index in [1.54, 1.807) is 0 Å². The number of carbonyl (C=O) groups excluding carboxylic acids is 3. The van der Waals surface area contributed by atoms with Crippen molar-refractivity contribution in [3.05, 3.63) is 63.9 Å². The Kier molecular flexibility index (Phi) is 6.18. The van der Waals surface area contributed by atoms with Crippen LogP contribution in [0.2, 0.25) is 5.02 Å². The number of amides is 2. The van der Waals surface area contributed by atoms with Crippen molar-refractivity contribution in [2.75, 3.05) is 5.32 Å². The Bertz CT molecular complexity index is 1320. The van der Waals surface area contributed by atoms with E-state index >= 15 is 0 Å². The topological polar surface area (TPSA) is 122 Å². The third-order valence-corrected chi connectivity index (χ3v) is 6.30. The fraction of sp³-hybridized carbons (Fsp3) is 0.318. The molecule has 0 aliphatic heterocycles. The number of alkyl halides is 2. The highest BCUT2D eigenvalue weighted by atomic mass is 35.5. The molecule has 0 unspecified atom stereocenters. The van der Waals surface area contributed by atoms with Crippen LogP contribution in [0.4, 0.5) is 18.9 Å². The summed E-state index contributed by atoms with van der Waals surface area (Å²) in [6.45, 7) is 1.48. The molecule has 0 saturated heterocycles. The van der Waals surface area contributed by atoms with E-state index in [-0.39, 0.29) is 39.6 Å². The molecule has 0 spiro atoms. The van der Waals surface area contributed by atoms with Gasteiger partial charge in [-0.25, -0.2) is 13.2 Å². The predicted octanol–water partition coefficient (Wildman–Crippen LogP) is 3.51. The Morgan fingerprint density at radius 1 is 1.23 bits per heavy atom. The minimum atomic E-state index is -3.05. The van der Waals surface area contributed by atoms with Crippen LogP contribution >= 0.6 is 11.6 Å². The molecule has 0 bridgehead atoms. The first-order valence-electron chi connectivity index (χ1n) is 10.5. The number of H-pyrrole nitrogens is 1. The average Bonchev–Trinajstić information content (AvgIpc) is 3.49. The summed E-state index contributed by atoms with van der Waals surface area (Å²) in [6, 6.07) is 3.64. The maximum absolute atomic E-state index is 14.1. The maximum atomic E-state index is 14.1. The number of benzene rings is 1. The summed E-state index contributed by atoms with van der Waals surface area (Å²) in [5.74, 6) is -6.44. The molecular formula is C22H20ClF3N6O3. The SMILES string of the molecule is Cc1c(C(=O)C(=O)N[C@@]2(c3cn[nH]n3)CCC(F)(F)C2)cn(C)c1C(=O)Nc1ccc(F)c(Cl)c1. The van der Waals surface area contributed by atoms with Gasteiger partial charge in [0.05, 0.1) is 16.8 Å². The van der Waals surface area contributed by atoms with Gasteiger partial charge in [0.15, 0.2) is 0 Å². The van der Waals surface area contributed by atoms with E-state index in [2.05, 4.69) is 26.0 Å². The van der Waals surface area contributed by atoms with E-state index in [1.807, 2.05) is 0 Å². The molecule has 1 aliphatic rings. The largest absolute Gasteiger partial charge is 0.346 e. The second kappa shape index (κ2) is 8.84. The number of aromatic nitrogens is 4. The van der Waals surface area contributed by atoms with Crippen molar-refractivity contribution in [3.8, 4) is 0 Å². The fourth-order valence-corrected chi connectivity index (χ4v) is 4.48. The van der Waals surface area contributed by atoms with Gasteiger partial charge in [0.1, 0.15) is 17.2 Å². The van der Waals surface area contributed by atoms with Gasteiger partial charge in [0, 0.05) is 37.3 Å². The normalized spacial score (nSPS) is 18.9. The van der Waals surface area contributed by atoms with Crippen molar-refractivity contribution in [1.29, 1.82) is 0 Å². The molecule has 1 saturated carbocycles. The van der Waals surface area contributed by atoms with Gasteiger partial charge < -0.3 is 15.2 Å². The lowest BCUT2D eigenvalue weighted by molar-refractivity contribution is -0.119. The van der Waals surface area contributed by atoms with Gasteiger partial charge in [-0.1, -0.05) is 11.6 Å². The molecule has 184 valence electrons. The first kappa shape index (κ1) is 24.5. The molecule has 4 rings (SSSR count). The molecule has 2 heterocycles. The zero-order chi connectivity index (χ0) is 25.5. The molecule has 1 atom stereocenters. The van der Waals surface area contributed by atoms with E-state index in [1.165, 1.54) is 43.1 Å². The van der Waals surface area contributed by atoms with E-state index in [0.717, 1.165) is 6.07 Å². The average molecular weight is 509 g/mol. The number of nitrogens with one attached hydrogen (secondary N) is 3. The Morgan fingerprint density at radius 2 is 1.97 bits per heavy atom. The van der Waals surface area contributed by atoms with Gasteiger partial charge in [-0.3, -0.25) is 14.4 Å². The fourth-order valence-electron chi connectivity index (χ4n) is 4.30. The number of rotatable bonds is 6. The lowest BCUT2D eigenvalue weighted by atomic mass is 9.92. The summed E-state index contributed by atoms with van der Waals surface area (Å²) in [5.41, 5.74) is -1.05. The molecule has 2 amide bonds. The Balaban J connectivity index is 1.57. The van der Waals surface area contributed by atoms with Crippen LogP contribution in [-0.2, 0) is 17.4 Å². The standard InChI is InChI=1S/C22H20ClF3N6O3/c1-11-13(9-32(2)17(11)19(34)28-12-3-4-15(24)14(23)7-12)18(33)20(35)29-21(16-8-27-31-30-16)5-6-22(25,26)10-21/h3-4,7-9H,5-6,10H2,1-2H3,(H,28,34)(H,29,35)(H,27,30,31)/t21-/m0/s1. The second-order valence-electron chi connectivity index (χ2n) is 8.46. The van der Waals surface area contributed by atoms with Crippen LogP contribution < -0.4 is 10.6 Å². The van der Waals surface area contributed by atoms with Crippen LogP contribution in [0, 0.1) is 12.7 Å². The van der Waals surface area contributed by atoms with Crippen LogP contribution in [0.5, 0.6) is 0 Å². The van der Waals surface area contributed by atoms with Crippen LogP contribution in [0.15, 0.2) is 30.6 Å². The lowest BCUT2D eigenvalue weighted by Crippen LogP contribution is -2.48. The molecule has 35 heavy (non-hydrogen) atoms. The van der Waals surface area contributed by atoms with E-state index < -0.39 is 47.7 Å². The molecule has 13 heteroatoms. The minimum Gasteiger partial charge on any atom is -0.346 e. The third kappa shape index (κ3) is 4.65. The highest BCUT2D eigenvalue weighted by Gasteiger charge is 2.53. The third-order valence-electron chi connectivity index (χ3n) is 6.01. The second-order valence-corrected chi connectivity index (χ2v) is 8.87. The van der Waals surface area contributed by atoms with Crippen molar-refractivity contribution in [2.24, 2.45) is 7.05 Å². The molecule has 1 aliphatic carbocycles. The summed E-state index contributed by atoms with van der Waals surface area (Å²) in [4.78, 5) is 38.7. The monoisotopic (exact) mass is 508 g/mol. The van der Waals surface area contributed by atoms with Crippen LogP contribution in [0.1, 0.15) is 51.4 Å². The van der Waals surface area contributed by atoms with Gasteiger partial charge >= 0.3 is 0 Å². The van der Waals surface area contributed by atoms with Gasteiger partial charge in [0.2, 0.25) is 0 Å². The number of halogens is 4. The van der Waals surface area contributed by atoms with Crippen molar-refractivity contribution in [3.63, 3.8) is 0 Å². The highest BCUT2D eigenvalue weighted by Crippen LogP contribution is 2.46. The summed E-state index contributed by atoms with van der Waals surface area (Å²) in [7, 11) is 1.50. The quantitative estimate of drug-likeness (QED) is 0.347. The maximum Gasteiger partial charge on any atom is 0.293 e. The number of anilines is 1. The number of ketones is 1. The molecule has 1 aromatic carbocycles. The van der Waals surface area contributed by atoms with Crippen molar-refractivity contribution in [1.82, 2.24) is 25.3 Å². The number of aromatic amines is 1. The molecule has 3 aromatic rings. The number of hydrogen-bond acceptors (Lipinski definition) is 5. The molecule has 3 N–H and O–H groups in total. The van der Waals surface area contributed by atoms with E-state index in [0.29, 0.717) is 0 Å². The zero-order valence-corrected chi connectivity index (χ0v) is 19.3.